The van der Waals surface area contributed by atoms with Gasteiger partial charge in [0.05, 0.1) is 15.5 Å². The maximum atomic E-state index is 10.9. The summed E-state index contributed by atoms with van der Waals surface area (Å²) in [6.07, 6.45) is 0. The van der Waals surface area contributed by atoms with E-state index in [4.69, 9.17) is 16.9 Å². The minimum Gasteiger partial charge on any atom is -0.350 e. The monoisotopic (exact) mass is 273 g/mol. The largest absolute Gasteiger partial charge is 0.350 e. The Bertz CT molecular complexity index is 680. The zero-order chi connectivity index (χ0) is 13.8. The Hall–Kier alpha value is -2.58. The van der Waals surface area contributed by atoms with Crippen molar-refractivity contribution in [3.8, 4) is 6.07 Å². The van der Waals surface area contributed by atoms with Crippen LogP contribution in [0.15, 0.2) is 42.5 Å². The van der Waals surface area contributed by atoms with Crippen molar-refractivity contribution in [2.24, 2.45) is 0 Å². The molecule has 0 saturated heterocycles. The van der Waals surface area contributed by atoms with Gasteiger partial charge >= 0.3 is 0 Å². The molecule has 0 aromatic heterocycles. The lowest BCUT2D eigenvalue weighted by Crippen LogP contribution is -1.96. The number of nitro benzene ring substituents is 1. The highest BCUT2D eigenvalue weighted by Gasteiger charge is 2.12. The van der Waals surface area contributed by atoms with Gasteiger partial charge in [0.2, 0.25) is 0 Å². The fourth-order valence-electron chi connectivity index (χ4n) is 1.58. The molecule has 0 radical (unpaired) electrons. The molecular weight excluding hydrogens is 266 g/mol. The molecule has 0 fully saturated rings. The predicted octanol–water partition coefficient (Wildman–Crippen LogP) is 3.86. The average Bonchev–Trinajstić information content (AvgIpc) is 2.39. The van der Waals surface area contributed by atoms with Crippen molar-refractivity contribution < 1.29 is 4.92 Å². The van der Waals surface area contributed by atoms with E-state index in [-0.39, 0.29) is 5.69 Å². The summed E-state index contributed by atoms with van der Waals surface area (Å²) >= 11 is 5.90. The van der Waals surface area contributed by atoms with E-state index >= 15 is 0 Å². The highest BCUT2D eigenvalue weighted by Crippen LogP contribution is 2.28. The third-order valence-corrected chi connectivity index (χ3v) is 2.78. The van der Waals surface area contributed by atoms with Gasteiger partial charge in [-0.05, 0) is 24.3 Å². The minimum absolute atomic E-state index is 0.0250. The van der Waals surface area contributed by atoms with Crippen LogP contribution in [0.1, 0.15) is 5.56 Å². The van der Waals surface area contributed by atoms with Crippen molar-refractivity contribution >= 4 is 28.7 Å². The van der Waals surface area contributed by atoms with Crippen LogP contribution in [0.3, 0.4) is 0 Å². The second-order valence-corrected chi connectivity index (χ2v) is 4.11. The van der Waals surface area contributed by atoms with Gasteiger partial charge in [0, 0.05) is 11.8 Å². The molecule has 5 nitrogen and oxygen atoms in total. The molecule has 94 valence electrons. The molecule has 2 aromatic carbocycles. The van der Waals surface area contributed by atoms with Crippen molar-refractivity contribution in [2.45, 2.75) is 0 Å². The first kappa shape index (κ1) is 12.9. The third-order valence-electron chi connectivity index (χ3n) is 2.47. The normalized spacial score (nSPS) is 9.68. The lowest BCUT2D eigenvalue weighted by atomic mass is 10.2. The topological polar surface area (TPSA) is 79.0 Å². The number of rotatable bonds is 3. The quantitative estimate of drug-likeness (QED) is 0.680. The molecule has 2 aromatic rings. The van der Waals surface area contributed by atoms with Crippen LogP contribution in [0.4, 0.5) is 17.1 Å². The van der Waals surface area contributed by atoms with E-state index in [1.165, 1.54) is 6.07 Å². The van der Waals surface area contributed by atoms with Crippen LogP contribution in [-0.4, -0.2) is 4.92 Å². The number of nitro groups is 1. The third kappa shape index (κ3) is 2.81. The predicted molar refractivity (Wildman–Crippen MR) is 72.5 cm³/mol. The van der Waals surface area contributed by atoms with Gasteiger partial charge in [-0.15, -0.1) is 0 Å². The molecule has 0 spiro atoms. The van der Waals surface area contributed by atoms with Crippen LogP contribution >= 0.6 is 11.6 Å². The Kier molecular flexibility index (Phi) is 3.64. The first-order valence-electron chi connectivity index (χ1n) is 5.32. The van der Waals surface area contributed by atoms with Gasteiger partial charge in [0.25, 0.3) is 5.69 Å². The number of halogens is 1. The van der Waals surface area contributed by atoms with E-state index in [0.29, 0.717) is 22.0 Å². The second kappa shape index (κ2) is 5.38. The Labute approximate surface area is 114 Å². The number of nitriles is 1. The average molecular weight is 274 g/mol. The molecular formula is C13H8ClN3O2. The summed E-state index contributed by atoms with van der Waals surface area (Å²) in [6, 6.07) is 13.0. The number of hydrogen-bond donors (Lipinski definition) is 1. The molecule has 19 heavy (non-hydrogen) atoms. The van der Waals surface area contributed by atoms with E-state index in [9.17, 15) is 10.1 Å². The summed E-state index contributed by atoms with van der Waals surface area (Å²) < 4.78 is 0. The zero-order valence-corrected chi connectivity index (χ0v) is 10.4. The zero-order valence-electron chi connectivity index (χ0n) is 9.63. The number of anilines is 2. The van der Waals surface area contributed by atoms with Crippen LogP contribution in [0.25, 0.3) is 0 Å². The number of nitrogens with zero attached hydrogens (tertiary/aromatic N) is 2. The van der Waals surface area contributed by atoms with Crippen LogP contribution in [0.5, 0.6) is 0 Å². The molecule has 6 heteroatoms. The standard InChI is InChI=1S/C13H8ClN3O2/c14-11-7-10(6-5-9(11)8-15)16-12-3-1-2-4-13(12)17(18)19/h1-7,16H. The Morgan fingerprint density at radius 3 is 2.63 bits per heavy atom. The van der Waals surface area contributed by atoms with Gasteiger partial charge in [-0.25, -0.2) is 0 Å². The van der Waals surface area contributed by atoms with Crippen molar-refractivity contribution in [3.63, 3.8) is 0 Å². The molecule has 0 amide bonds. The van der Waals surface area contributed by atoms with Crippen molar-refractivity contribution in [1.29, 1.82) is 5.26 Å². The van der Waals surface area contributed by atoms with Crippen LogP contribution in [-0.2, 0) is 0 Å². The molecule has 2 rings (SSSR count). The first-order valence-corrected chi connectivity index (χ1v) is 5.69. The van der Waals surface area contributed by atoms with Crippen molar-refractivity contribution in [3.05, 3.63) is 63.2 Å². The summed E-state index contributed by atoms with van der Waals surface area (Å²) in [6.45, 7) is 0. The molecule has 0 aliphatic carbocycles. The minimum atomic E-state index is -0.465. The molecule has 0 atom stereocenters. The van der Waals surface area contributed by atoms with Gasteiger partial charge < -0.3 is 5.32 Å². The van der Waals surface area contributed by atoms with E-state index in [2.05, 4.69) is 5.32 Å². The molecule has 0 bridgehead atoms. The SMILES string of the molecule is N#Cc1ccc(Nc2ccccc2[N+](=O)[O-])cc1Cl. The second-order valence-electron chi connectivity index (χ2n) is 3.71. The van der Waals surface area contributed by atoms with Gasteiger partial charge in [-0.2, -0.15) is 5.26 Å². The molecule has 0 heterocycles. The number of nitrogens with one attached hydrogen (secondary N) is 1. The lowest BCUT2D eigenvalue weighted by molar-refractivity contribution is -0.383. The number of benzene rings is 2. The maximum Gasteiger partial charge on any atom is 0.292 e. The summed E-state index contributed by atoms with van der Waals surface area (Å²) in [5.41, 5.74) is 1.28. The fourth-order valence-corrected chi connectivity index (χ4v) is 1.80. The van der Waals surface area contributed by atoms with Crippen molar-refractivity contribution in [2.75, 3.05) is 5.32 Å². The number of para-hydroxylation sites is 2. The van der Waals surface area contributed by atoms with Crippen LogP contribution < -0.4 is 5.32 Å². The molecule has 0 saturated carbocycles. The van der Waals surface area contributed by atoms with Gasteiger partial charge in [0.1, 0.15) is 11.8 Å². The van der Waals surface area contributed by atoms with E-state index in [1.54, 1.807) is 36.4 Å². The van der Waals surface area contributed by atoms with Crippen molar-refractivity contribution in [1.82, 2.24) is 0 Å². The number of hydrogen-bond acceptors (Lipinski definition) is 4. The van der Waals surface area contributed by atoms with E-state index < -0.39 is 4.92 Å². The maximum absolute atomic E-state index is 10.9. The smallest absolute Gasteiger partial charge is 0.292 e. The van der Waals surface area contributed by atoms with Gasteiger partial charge in [-0.3, -0.25) is 10.1 Å². The lowest BCUT2D eigenvalue weighted by Gasteiger charge is -2.07. The summed E-state index contributed by atoms with van der Waals surface area (Å²) in [4.78, 5) is 10.4. The van der Waals surface area contributed by atoms with Gasteiger partial charge in [0.15, 0.2) is 0 Å². The summed E-state index contributed by atoms with van der Waals surface area (Å²) in [5.74, 6) is 0. The van der Waals surface area contributed by atoms with Gasteiger partial charge in [-0.1, -0.05) is 23.7 Å². The highest BCUT2D eigenvalue weighted by molar-refractivity contribution is 6.32. The molecule has 0 aliphatic heterocycles. The summed E-state index contributed by atoms with van der Waals surface area (Å²) in [7, 11) is 0. The fraction of sp³-hybridized carbons (Fsp3) is 0. The van der Waals surface area contributed by atoms with Crippen LogP contribution in [0, 0.1) is 21.4 Å². The highest BCUT2D eigenvalue weighted by atomic mass is 35.5. The first-order chi connectivity index (χ1) is 9.11. The molecule has 1 N–H and O–H groups in total. The van der Waals surface area contributed by atoms with Crippen LogP contribution in [0.2, 0.25) is 5.02 Å². The van der Waals surface area contributed by atoms with E-state index in [1.807, 2.05) is 6.07 Å². The Morgan fingerprint density at radius 1 is 1.26 bits per heavy atom. The molecule has 0 aliphatic rings. The Morgan fingerprint density at radius 2 is 2.00 bits per heavy atom. The molecule has 0 unspecified atom stereocenters. The summed E-state index contributed by atoms with van der Waals surface area (Å²) in [5, 5.41) is 22.9. The Balaban J connectivity index is 2.34. The van der Waals surface area contributed by atoms with E-state index in [0.717, 1.165) is 0 Å².